The number of alkyl halides is 3. The van der Waals surface area contributed by atoms with E-state index in [1.165, 1.54) is 40.9 Å². The molecule has 1 heterocycles. The van der Waals surface area contributed by atoms with Crippen LogP contribution in [0.15, 0.2) is 83.5 Å². The number of aliphatic imine (C=N–C) groups is 1. The Morgan fingerprint density at radius 2 is 1.50 bits per heavy atom. The van der Waals surface area contributed by atoms with Crippen LogP contribution in [0.5, 0.6) is 5.75 Å². The maximum atomic E-state index is 13.3. The molecular formula is C26H21F3N2O2S. The van der Waals surface area contributed by atoms with Gasteiger partial charge < -0.3 is 4.74 Å². The van der Waals surface area contributed by atoms with Gasteiger partial charge in [-0.25, -0.2) is 4.99 Å². The summed E-state index contributed by atoms with van der Waals surface area (Å²) in [5.41, 5.74) is 4.80. The smallest absolute Gasteiger partial charge is 0.406 e. The molecule has 0 fully saturated rings. The maximum Gasteiger partial charge on any atom is 0.573 e. The number of anilines is 1. The first kappa shape index (κ1) is 23.6. The van der Waals surface area contributed by atoms with E-state index in [4.69, 9.17) is 0 Å². The van der Waals surface area contributed by atoms with Gasteiger partial charge in [-0.1, -0.05) is 71.4 Å². The van der Waals surface area contributed by atoms with Crippen molar-refractivity contribution in [3.05, 3.63) is 101 Å². The van der Waals surface area contributed by atoms with Gasteiger partial charge in [-0.15, -0.1) is 13.2 Å². The second-order valence-electron chi connectivity index (χ2n) is 7.79. The van der Waals surface area contributed by atoms with Gasteiger partial charge in [0, 0.05) is 5.75 Å². The van der Waals surface area contributed by atoms with Crippen LogP contribution >= 0.6 is 11.8 Å². The molecule has 8 heteroatoms. The molecule has 0 atom stereocenters. The van der Waals surface area contributed by atoms with Gasteiger partial charge in [-0.2, -0.15) is 0 Å². The van der Waals surface area contributed by atoms with Crippen LogP contribution in [0.4, 0.5) is 18.9 Å². The van der Waals surface area contributed by atoms with Crippen LogP contribution in [0.3, 0.4) is 0 Å². The van der Waals surface area contributed by atoms with E-state index in [9.17, 15) is 18.0 Å². The fourth-order valence-electron chi connectivity index (χ4n) is 3.27. The molecule has 4 nitrogen and oxygen atoms in total. The molecule has 1 aliphatic heterocycles. The first-order chi connectivity index (χ1) is 16.2. The minimum Gasteiger partial charge on any atom is -0.406 e. The summed E-state index contributed by atoms with van der Waals surface area (Å²) in [6, 6.07) is 20.9. The molecule has 0 aromatic heterocycles. The Balaban J connectivity index is 1.63. The molecule has 1 amide bonds. The molecular weight excluding hydrogens is 461 g/mol. The highest BCUT2D eigenvalue weighted by Gasteiger charge is 2.33. The van der Waals surface area contributed by atoms with Gasteiger partial charge in [0.15, 0.2) is 5.17 Å². The van der Waals surface area contributed by atoms with Gasteiger partial charge in [0.25, 0.3) is 5.91 Å². The van der Waals surface area contributed by atoms with E-state index in [1.54, 1.807) is 6.08 Å². The molecule has 0 radical (unpaired) electrons. The van der Waals surface area contributed by atoms with Gasteiger partial charge in [0.2, 0.25) is 0 Å². The summed E-state index contributed by atoms with van der Waals surface area (Å²) in [5.74, 6) is -0.128. The highest BCUT2D eigenvalue weighted by molar-refractivity contribution is 8.13. The summed E-state index contributed by atoms with van der Waals surface area (Å²) < 4.78 is 41.5. The number of aryl methyl sites for hydroxylation is 2. The Morgan fingerprint density at radius 3 is 2.09 bits per heavy atom. The van der Waals surface area contributed by atoms with Crippen molar-refractivity contribution in [2.24, 2.45) is 4.99 Å². The van der Waals surface area contributed by atoms with Crippen molar-refractivity contribution in [2.45, 2.75) is 26.0 Å². The number of ether oxygens (including phenoxy) is 1. The summed E-state index contributed by atoms with van der Waals surface area (Å²) in [6.07, 6.45) is -3.08. The molecule has 174 valence electrons. The number of hydrogen-bond acceptors (Lipinski definition) is 4. The monoisotopic (exact) mass is 482 g/mol. The number of thioether (sulfide) groups is 1. The predicted octanol–water partition coefficient (Wildman–Crippen LogP) is 6.88. The molecule has 0 unspecified atom stereocenters. The average Bonchev–Trinajstić information content (AvgIpc) is 3.09. The Labute approximate surface area is 199 Å². The zero-order valence-corrected chi connectivity index (χ0v) is 19.3. The maximum absolute atomic E-state index is 13.3. The molecule has 3 aromatic carbocycles. The number of halogens is 3. The van der Waals surface area contributed by atoms with E-state index in [0.29, 0.717) is 16.6 Å². The number of rotatable bonds is 5. The molecule has 0 bridgehead atoms. The Bertz CT molecular complexity index is 1230. The summed E-state index contributed by atoms with van der Waals surface area (Å²) in [4.78, 5) is 19.3. The summed E-state index contributed by atoms with van der Waals surface area (Å²) in [5, 5.41) is 0.452. The van der Waals surface area contributed by atoms with Gasteiger partial charge in [0.1, 0.15) is 11.4 Å². The largest absolute Gasteiger partial charge is 0.573 e. The molecule has 34 heavy (non-hydrogen) atoms. The van der Waals surface area contributed by atoms with Crippen molar-refractivity contribution in [1.29, 1.82) is 0 Å². The fourth-order valence-corrected chi connectivity index (χ4v) is 4.24. The van der Waals surface area contributed by atoms with Gasteiger partial charge in [0.05, 0.1) is 5.69 Å². The number of amidine groups is 1. The minimum atomic E-state index is -4.79. The van der Waals surface area contributed by atoms with Crippen LogP contribution in [0.1, 0.15) is 22.3 Å². The number of hydrogen-bond donors (Lipinski definition) is 0. The summed E-state index contributed by atoms with van der Waals surface area (Å²) in [6.45, 7) is 3.98. The summed E-state index contributed by atoms with van der Waals surface area (Å²) in [7, 11) is 0. The third-order valence-corrected chi connectivity index (χ3v) is 6.04. The minimum absolute atomic E-state index is 0.255. The Hall–Kier alpha value is -3.52. The number of amides is 1. The molecule has 3 aromatic rings. The average molecular weight is 483 g/mol. The first-order valence-corrected chi connectivity index (χ1v) is 11.4. The van der Waals surface area contributed by atoms with Crippen molar-refractivity contribution >= 4 is 34.6 Å². The Kier molecular flexibility index (Phi) is 6.79. The third-order valence-electron chi connectivity index (χ3n) is 5.03. The lowest BCUT2D eigenvalue weighted by atomic mass is 10.1. The quantitative estimate of drug-likeness (QED) is 0.372. The van der Waals surface area contributed by atoms with Crippen molar-refractivity contribution < 1.29 is 22.7 Å². The highest BCUT2D eigenvalue weighted by Crippen LogP contribution is 2.33. The number of nitrogens with zero attached hydrogens (tertiary/aromatic N) is 2. The van der Waals surface area contributed by atoms with Crippen molar-refractivity contribution in [2.75, 3.05) is 4.90 Å². The predicted molar refractivity (Wildman–Crippen MR) is 130 cm³/mol. The van der Waals surface area contributed by atoms with E-state index < -0.39 is 6.36 Å². The molecule has 1 aliphatic rings. The van der Waals surface area contributed by atoms with Gasteiger partial charge >= 0.3 is 6.36 Å². The van der Waals surface area contributed by atoms with Crippen molar-refractivity contribution in [3.8, 4) is 5.75 Å². The van der Waals surface area contributed by atoms with Crippen LogP contribution in [0.25, 0.3) is 6.08 Å². The second kappa shape index (κ2) is 9.77. The van der Waals surface area contributed by atoms with Crippen molar-refractivity contribution in [3.63, 3.8) is 0 Å². The topological polar surface area (TPSA) is 41.9 Å². The lowest BCUT2D eigenvalue weighted by Gasteiger charge is -2.18. The Morgan fingerprint density at radius 1 is 0.912 bits per heavy atom. The third kappa shape index (κ3) is 5.88. The van der Waals surface area contributed by atoms with E-state index in [0.717, 1.165) is 22.3 Å². The van der Waals surface area contributed by atoms with Gasteiger partial charge in [-0.3, -0.25) is 9.69 Å². The second-order valence-corrected chi connectivity index (χ2v) is 8.73. The van der Waals surface area contributed by atoms with E-state index in [1.807, 2.05) is 62.4 Å². The molecule has 0 aliphatic carbocycles. The van der Waals surface area contributed by atoms with E-state index in [-0.39, 0.29) is 17.4 Å². The molecule has 0 saturated carbocycles. The zero-order valence-electron chi connectivity index (χ0n) is 18.5. The molecule has 0 N–H and O–H groups in total. The normalized spacial score (nSPS) is 15.1. The molecule has 0 spiro atoms. The first-order valence-electron chi connectivity index (χ1n) is 10.4. The lowest BCUT2D eigenvalue weighted by Crippen LogP contribution is -2.30. The van der Waals surface area contributed by atoms with Crippen LogP contribution in [0.2, 0.25) is 0 Å². The summed E-state index contributed by atoms with van der Waals surface area (Å²) >= 11 is 1.38. The fraction of sp³-hybridized carbons (Fsp3) is 0.154. The van der Waals surface area contributed by atoms with E-state index >= 15 is 0 Å². The highest BCUT2D eigenvalue weighted by atomic mass is 32.2. The molecule has 0 saturated heterocycles. The number of carbonyl (C=O) groups is 1. The van der Waals surface area contributed by atoms with E-state index in [2.05, 4.69) is 9.73 Å². The zero-order chi connectivity index (χ0) is 24.3. The number of benzene rings is 3. The van der Waals surface area contributed by atoms with Crippen LogP contribution in [0, 0.1) is 13.8 Å². The van der Waals surface area contributed by atoms with Crippen molar-refractivity contribution in [1.82, 2.24) is 0 Å². The standard InChI is InChI=1S/C26H21F3N2O2S/c1-17-3-7-19(8-4-17)15-23-24(32)31(21-11-13-22(14-12-21)33-26(27,28)29)25(30-23)34-16-20-9-5-18(2)6-10-20/h3-15H,16H2,1-2H3/b23-15+. The van der Waals surface area contributed by atoms with Crippen LogP contribution < -0.4 is 9.64 Å². The SMILES string of the molecule is Cc1ccc(/C=C2/N=C(SCc3ccc(C)cc3)N(c3ccc(OC(F)(F)F)cc3)C2=O)cc1. The van der Waals surface area contributed by atoms with Crippen LogP contribution in [-0.4, -0.2) is 17.4 Å². The van der Waals surface area contributed by atoms with Gasteiger partial charge in [-0.05, 0) is 55.3 Å². The van der Waals surface area contributed by atoms with Crippen LogP contribution in [-0.2, 0) is 10.5 Å². The lowest BCUT2D eigenvalue weighted by molar-refractivity contribution is -0.274. The molecule has 4 rings (SSSR count). The number of carbonyl (C=O) groups excluding carboxylic acids is 1.